The Morgan fingerprint density at radius 3 is 1.90 bits per heavy atom. The fourth-order valence-corrected chi connectivity index (χ4v) is 6.90. The second kappa shape index (κ2) is 17.2. The predicted molar refractivity (Wildman–Crippen MR) is 193 cm³/mol. The standard InChI is InChI=1S/C21H25N3O2S.2C7H8O3S/c1-23(21-22-19-9-5-6-10-20(19)27-21)16-11-12-24(13-16)14-17(25)15-26-18-7-3-2-4-8-18;2*1-6-2-4-7(5-3-6)11(8,9)10/h2-10,16-17,25H,11-15H2,1H3;2*2-5H,1H3,(H,8,9,10). The van der Waals surface area contributed by atoms with E-state index in [0.717, 1.165) is 47.0 Å². The van der Waals surface area contributed by atoms with Crippen molar-refractivity contribution in [3.63, 3.8) is 0 Å². The number of rotatable bonds is 9. The van der Waals surface area contributed by atoms with E-state index in [0.29, 0.717) is 19.2 Å². The molecule has 2 heterocycles. The molecule has 262 valence electrons. The number of likely N-dealkylation sites (tertiary alicyclic amines) is 1. The van der Waals surface area contributed by atoms with E-state index in [1.54, 1.807) is 35.6 Å². The van der Waals surface area contributed by atoms with Gasteiger partial charge in [-0.2, -0.15) is 16.8 Å². The highest BCUT2D eigenvalue weighted by atomic mass is 32.2. The summed E-state index contributed by atoms with van der Waals surface area (Å²) in [5, 5.41) is 11.4. The molecule has 0 aliphatic carbocycles. The van der Waals surface area contributed by atoms with Gasteiger partial charge in [-0.05, 0) is 68.8 Å². The quantitative estimate of drug-likeness (QED) is 0.159. The Hall–Kier alpha value is -3.89. The summed E-state index contributed by atoms with van der Waals surface area (Å²) in [6, 6.07) is 30.3. The minimum atomic E-state index is -4.02. The predicted octanol–water partition coefficient (Wildman–Crippen LogP) is 5.73. The zero-order valence-corrected chi connectivity index (χ0v) is 29.9. The monoisotopic (exact) mass is 727 g/mol. The molecule has 1 saturated heterocycles. The Kier molecular flexibility index (Phi) is 13.3. The molecule has 0 spiro atoms. The summed E-state index contributed by atoms with van der Waals surface area (Å²) < 4.78 is 66.0. The van der Waals surface area contributed by atoms with Crippen LogP contribution in [0, 0.1) is 13.8 Å². The summed E-state index contributed by atoms with van der Waals surface area (Å²) in [5.74, 6) is 0.798. The summed E-state index contributed by atoms with van der Waals surface area (Å²) >= 11 is 1.74. The van der Waals surface area contributed by atoms with E-state index in [9.17, 15) is 21.9 Å². The van der Waals surface area contributed by atoms with Crippen LogP contribution in [-0.2, 0) is 20.2 Å². The smallest absolute Gasteiger partial charge is 0.294 e. The van der Waals surface area contributed by atoms with Crippen molar-refractivity contribution in [3.8, 4) is 5.75 Å². The number of fused-ring (bicyclic) bond motifs is 1. The van der Waals surface area contributed by atoms with Crippen molar-refractivity contribution in [2.24, 2.45) is 0 Å². The highest BCUT2D eigenvalue weighted by molar-refractivity contribution is 7.86. The number of nitrogens with zero attached hydrogens (tertiary/aromatic N) is 3. The van der Waals surface area contributed by atoms with Crippen molar-refractivity contribution in [1.82, 2.24) is 9.88 Å². The zero-order valence-electron chi connectivity index (χ0n) is 27.5. The first-order valence-corrected chi connectivity index (χ1v) is 19.1. The van der Waals surface area contributed by atoms with Gasteiger partial charge in [-0.15, -0.1) is 0 Å². The number of aromatic nitrogens is 1. The van der Waals surface area contributed by atoms with Crippen LogP contribution in [-0.4, -0.2) is 86.4 Å². The van der Waals surface area contributed by atoms with Gasteiger partial charge in [-0.25, -0.2) is 4.98 Å². The Morgan fingerprint density at radius 2 is 1.37 bits per heavy atom. The lowest BCUT2D eigenvalue weighted by Gasteiger charge is -2.25. The van der Waals surface area contributed by atoms with Crippen LogP contribution >= 0.6 is 11.3 Å². The lowest BCUT2D eigenvalue weighted by Crippen LogP contribution is -2.38. The van der Waals surface area contributed by atoms with Crippen molar-refractivity contribution in [1.29, 1.82) is 0 Å². The molecule has 2 unspecified atom stereocenters. The first-order valence-electron chi connectivity index (χ1n) is 15.4. The van der Waals surface area contributed by atoms with Gasteiger partial charge < -0.3 is 14.7 Å². The van der Waals surface area contributed by atoms with Gasteiger partial charge in [-0.1, -0.05) is 77.1 Å². The van der Waals surface area contributed by atoms with Crippen LogP contribution < -0.4 is 9.64 Å². The van der Waals surface area contributed by atoms with Crippen LogP contribution in [0.15, 0.2) is 113 Å². The summed E-state index contributed by atoms with van der Waals surface area (Å²) in [6.07, 6.45) is 0.593. The van der Waals surface area contributed by atoms with Gasteiger partial charge in [0.2, 0.25) is 0 Å². The van der Waals surface area contributed by atoms with Crippen LogP contribution in [0.4, 0.5) is 5.13 Å². The number of aliphatic hydroxyl groups is 1. The average molecular weight is 728 g/mol. The van der Waals surface area contributed by atoms with Crippen molar-refractivity contribution in [3.05, 3.63) is 114 Å². The number of aliphatic hydroxyl groups excluding tert-OH is 1. The molecular formula is C35H41N3O8S3. The first-order chi connectivity index (χ1) is 23.2. The van der Waals surface area contributed by atoms with Gasteiger partial charge in [0.25, 0.3) is 20.2 Å². The summed E-state index contributed by atoms with van der Waals surface area (Å²) in [5.41, 5.74) is 2.97. The number of thiazole rings is 1. The lowest BCUT2D eigenvalue weighted by atomic mass is 10.2. The maximum atomic E-state index is 10.5. The molecular weight excluding hydrogens is 687 g/mol. The van der Waals surface area contributed by atoms with Gasteiger partial charge in [0.05, 0.1) is 20.0 Å². The third kappa shape index (κ3) is 11.9. The Balaban J connectivity index is 0.000000202. The second-order valence-corrected chi connectivity index (χ2v) is 15.5. The Bertz CT molecular complexity index is 1880. The third-order valence-corrected chi connectivity index (χ3v) is 10.5. The van der Waals surface area contributed by atoms with Gasteiger partial charge in [0, 0.05) is 32.7 Å². The van der Waals surface area contributed by atoms with Crippen molar-refractivity contribution < 1.29 is 35.8 Å². The Labute approximate surface area is 291 Å². The number of hydrogen-bond acceptors (Lipinski definition) is 10. The fourth-order valence-electron chi connectivity index (χ4n) is 4.94. The molecule has 14 heteroatoms. The topological polar surface area (TPSA) is 158 Å². The van der Waals surface area contributed by atoms with Crippen molar-refractivity contribution in [2.75, 3.05) is 38.2 Å². The lowest BCUT2D eigenvalue weighted by molar-refractivity contribution is 0.0754. The molecule has 2 atom stereocenters. The van der Waals surface area contributed by atoms with Crippen LogP contribution in [0.3, 0.4) is 0 Å². The van der Waals surface area contributed by atoms with Crippen LogP contribution in [0.1, 0.15) is 17.5 Å². The molecule has 11 nitrogen and oxygen atoms in total. The van der Waals surface area contributed by atoms with E-state index in [1.165, 1.54) is 29.0 Å². The molecule has 1 aliphatic rings. The molecule has 0 amide bonds. The summed E-state index contributed by atoms with van der Waals surface area (Å²) in [4.78, 5) is 9.23. The normalized spacial score (nSPS) is 15.4. The molecule has 3 N–H and O–H groups in total. The number of hydrogen-bond donors (Lipinski definition) is 3. The van der Waals surface area contributed by atoms with E-state index in [-0.39, 0.29) is 9.79 Å². The minimum absolute atomic E-state index is 0.0666. The summed E-state index contributed by atoms with van der Waals surface area (Å²) in [7, 11) is -5.91. The molecule has 1 aliphatic heterocycles. The number of β-amino-alcohol motifs (C(OH)–C–C–N with tert-alkyl or cyclic N) is 1. The second-order valence-electron chi connectivity index (χ2n) is 11.6. The summed E-state index contributed by atoms with van der Waals surface area (Å²) in [6.45, 7) is 6.56. The van der Waals surface area contributed by atoms with E-state index >= 15 is 0 Å². The van der Waals surface area contributed by atoms with E-state index in [2.05, 4.69) is 35.0 Å². The van der Waals surface area contributed by atoms with E-state index in [4.69, 9.17) is 18.8 Å². The van der Waals surface area contributed by atoms with Crippen LogP contribution in [0.5, 0.6) is 5.75 Å². The fraction of sp³-hybridized carbons (Fsp3) is 0.286. The molecule has 0 radical (unpaired) electrons. The molecule has 1 fully saturated rings. The van der Waals surface area contributed by atoms with Gasteiger partial charge in [0.15, 0.2) is 5.13 Å². The largest absolute Gasteiger partial charge is 0.491 e. The van der Waals surface area contributed by atoms with E-state index < -0.39 is 26.3 Å². The number of para-hydroxylation sites is 2. The zero-order chi connectivity index (χ0) is 35.6. The highest BCUT2D eigenvalue weighted by Gasteiger charge is 2.28. The molecule has 49 heavy (non-hydrogen) atoms. The van der Waals surface area contributed by atoms with Crippen LogP contribution in [0.2, 0.25) is 0 Å². The highest BCUT2D eigenvalue weighted by Crippen LogP contribution is 2.30. The number of aryl methyl sites for hydroxylation is 2. The van der Waals surface area contributed by atoms with Crippen molar-refractivity contribution in [2.45, 2.75) is 42.2 Å². The maximum Gasteiger partial charge on any atom is 0.294 e. The molecule has 5 aromatic rings. The van der Waals surface area contributed by atoms with E-state index in [1.807, 2.05) is 50.2 Å². The van der Waals surface area contributed by atoms with Gasteiger partial charge in [-0.3, -0.25) is 14.0 Å². The number of ether oxygens (including phenoxy) is 1. The SMILES string of the molecule is CN(c1nc2ccccc2s1)C1CCN(CC(O)COc2ccccc2)C1.Cc1ccc(S(=O)(=O)O)cc1.Cc1ccc(S(=O)(=O)O)cc1. The Morgan fingerprint density at radius 1 is 0.837 bits per heavy atom. The maximum absolute atomic E-state index is 10.5. The number of benzene rings is 4. The average Bonchev–Trinajstić information content (AvgIpc) is 3.72. The molecule has 6 rings (SSSR count). The number of anilines is 1. The molecule has 4 aromatic carbocycles. The van der Waals surface area contributed by atoms with Crippen LogP contribution in [0.25, 0.3) is 10.2 Å². The molecule has 0 saturated carbocycles. The van der Waals surface area contributed by atoms with Gasteiger partial charge in [0.1, 0.15) is 18.5 Å². The third-order valence-electron chi connectivity index (χ3n) is 7.67. The first kappa shape index (κ1) is 37.9. The minimum Gasteiger partial charge on any atom is -0.491 e. The molecule has 0 bridgehead atoms. The number of likely N-dealkylation sites (N-methyl/N-ethyl adjacent to an activating group) is 1. The molecule has 1 aromatic heterocycles. The van der Waals surface area contributed by atoms with Gasteiger partial charge >= 0.3 is 0 Å². The van der Waals surface area contributed by atoms with Crippen molar-refractivity contribution >= 4 is 46.9 Å².